The predicted octanol–water partition coefficient (Wildman–Crippen LogP) is 7.11. The minimum Gasteiger partial charge on any atom is -0.488 e. The van der Waals surface area contributed by atoms with E-state index in [9.17, 15) is 4.79 Å². The molecule has 0 atom stereocenters. The summed E-state index contributed by atoms with van der Waals surface area (Å²) in [6, 6.07) is 12.9. The molecule has 0 bridgehead atoms. The number of carbonyl (C=O) groups is 1. The summed E-state index contributed by atoms with van der Waals surface area (Å²) < 4.78 is 18.0. The normalized spacial score (nSPS) is 12.7. The molecule has 0 aliphatic heterocycles. The average Bonchev–Trinajstić information content (AvgIpc) is 2.57. The van der Waals surface area contributed by atoms with Crippen LogP contribution in [0.2, 0.25) is 0 Å². The largest absolute Gasteiger partial charge is 0.488 e. The Labute approximate surface area is 187 Å². The molecule has 2 aromatic carbocycles. The molecule has 0 fully saturated rings. The summed E-state index contributed by atoms with van der Waals surface area (Å²) in [4.78, 5) is 12.8. The molecule has 0 spiro atoms. The number of hydrogen-bond acceptors (Lipinski definition) is 4. The summed E-state index contributed by atoms with van der Waals surface area (Å²) in [6.45, 7) is 17.9. The van der Waals surface area contributed by atoms with Gasteiger partial charge in [0.2, 0.25) is 0 Å². The van der Waals surface area contributed by atoms with Crippen molar-refractivity contribution in [1.29, 1.82) is 0 Å². The van der Waals surface area contributed by atoms with Crippen molar-refractivity contribution in [1.82, 2.24) is 0 Å². The summed E-state index contributed by atoms with van der Waals surface area (Å²) in [5, 5.41) is 0. The molecule has 0 unspecified atom stereocenters. The van der Waals surface area contributed by atoms with E-state index in [-0.39, 0.29) is 22.6 Å². The number of ether oxygens (including phenoxy) is 3. The highest BCUT2D eigenvalue weighted by Gasteiger charge is 2.17. The Bertz CT molecular complexity index is 935. The summed E-state index contributed by atoms with van der Waals surface area (Å²) in [5.41, 5.74) is 0.337. The Hall–Kier alpha value is -2.75. The monoisotopic (exact) mass is 424 g/mol. The minimum atomic E-state index is -0.363. The lowest BCUT2D eigenvalue weighted by Crippen LogP contribution is -2.24. The zero-order valence-electron chi connectivity index (χ0n) is 20.3. The van der Waals surface area contributed by atoms with E-state index in [0.29, 0.717) is 17.1 Å². The maximum atomic E-state index is 12.8. The molecule has 0 heterocycles. The maximum Gasteiger partial charge on any atom is 0.185 e. The van der Waals surface area contributed by atoms with E-state index in [2.05, 4.69) is 0 Å². The van der Waals surface area contributed by atoms with Gasteiger partial charge in [-0.15, -0.1) is 0 Å². The molecule has 2 rings (SSSR count). The quantitative estimate of drug-likeness (QED) is 0.366. The van der Waals surface area contributed by atoms with Crippen molar-refractivity contribution in [2.75, 3.05) is 0 Å². The lowest BCUT2D eigenvalue weighted by atomic mass is 10.1. The van der Waals surface area contributed by atoms with Crippen LogP contribution in [0.5, 0.6) is 17.2 Å². The van der Waals surface area contributed by atoms with Gasteiger partial charge in [0.1, 0.15) is 34.1 Å². The first kappa shape index (κ1) is 24.5. The molecular weight excluding hydrogens is 388 g/mol. The van der Waals surface area contributed by atoms with Gasteiger partial charge >= 0.3 is 0 Å². The van der Waals surface area contributed by atoms with Crippen LogP contribution in [0, 0.1) is 0 Å². The topological polar surface area (TPSA) is 44.8 Å². The van der Waals surface area contributed by atoms with Gasteiger partial charge in [-0.3, -0.25) is 4.79 Å². The Morgan fingerprint density at radius 3 is 1.81 bits per heavy atom. The fraction of sp³-hybridized carbons (Fsp3) is 0.444. The third-order valence-corrected chi connectivity index (χ3v) is 3.78. The number of hydrogen-bond donors (Lipinski definition) is 0. The van der Waals surface area contributed by atoms with Gasteiger partial charge in [0, 0.05) is 11.1 Å². The Balaban J connectivity index is 2.33. The van der Waals surface area contributed by atoms with E-state index in [1.807, 2.05) is 92.6 Å². The lowest BCUT2D eigenvalue weighted by Gasteiger charge is -2.25. The van der Waals surface area contributed by atoms with E-state index >= 15 is 0 Å². The van der Waals surface area contributed by atoms with E-state index < -0.39 is 0 Å². The highest BCUT2D eigenvalue weighted by Crippen LogP contribution is 2.30. The van der Waals surface area contributed by atoms with Crippen LogP contribution in [0.15, 0.2) is 48.5 Å². The van der Waals surface area contributed by atoms with Crippen molar-refractivity contribution in [2.24, 2.45) is 0 Å². The summed E-state index contributed by atoms with van der Waals surface area (Å²) in [6.07, 6.45) is 3.33. The van der Waals surface area contributed by atoms with Gasteiger partial charge in [-0.2, -0.15) is 0 Å². The van der Waals surface area contributed by atoms with Crippen LogP contribution in [0.4, 0.5) is 0 Å². The first-order valence-corrected chi connectivity index (χ1v) is 10.6. The first-order valence-electron chi connectivity index (χ1n) is 10.6. The summed E-state index contributed by atoms with van der Waals surface area (Å²) in [7, 11) is 0. The van der Waals surface area contributed by atoms with Crippen molar-refractivity contribution in [3.05, 3.63) is 59.7 Å². The molecule has 168 valence electrons. The molecule has 0 aliphatic carbocycles. The number of allylic oxidation sites excluding steroid dienone is 1. The van der Waals surface area contributed by atoms with E-state index in [1.54, 1.807) is 24.3 Å². The third-order valence-electron chi connectivity index (χ3n) is 3.78. The number of carbonyl (C=O) groups excluding carboxylic acids is 1. The van der Waals surface area contributed by atoms with Crippen molar-refractivity contribution in [3.8, 4) is 17.2 Å². The van der Waals surface area contributed by atoms with Crippen LogP contribution in [0.3, 0.4) is 0 Å². The molecule has 2 aromatic rings. The van der Waals surface area contributed by atoms with E-state index in [0.717, 1.165) is 11.3 Å². The third kappa shape index (κ3) is 8.87. The van der Waals surface area contributed by atoms with Gasteiger partial charge in [-0.05, 0) is 105 Å². The van der Waals surface area contributed by atoms with Crippen LogP contribution in [0.25, 0.3) is 6.08 Å². The van der Waals surface area contributed by atoms with Crippen molar-refractivity contribution < 1.29 is 19.0 Å². The van der Waals surface area contributed by atoms with Crippen LogP contribution in [-0.4, -0.2) is 22.6 Å². The number of ketones is 1. The van der Waals surface area contributed by atoms with Crippen molar-refractivity contribution in [2.45, 2.75) is 79.1 Å². The average molecular weight is 425 g/mol. The van der Waals surface area contributed by atoms with E-state index in [1.165, 1.54) is 0 Å². The molecule has 0 saturated carbocycles. The Morgan fingerprint density at radius 1 is 0.710 bits per heavy atom. The van der Waals surface area contributed by atoms with Gasteiger partial charge in [-0.1, -0.05) is 12.1 Å². The fourth-order valence-electron chi connectivity index (χ4n) is 2.82. The van der Waals surface area contributed by atoms with Crippen LogP contribution < -0.4 is 14.2 Å². The highest BCUT2D eigenvalue weighted by atomic mass is 16.5. The second kappa shape index (κ2) is 9.17. The second-order valence-electron chi connectivity index (χ2n) is 10.6. The summed E-state index contributed by atoms with van der Waals surface area (Å²) in [5.74, 6) is 1.98. The SMILES string of the molecule is CC(C)(C)Oc1cccc(C(=O)/C=C\c2cc(OC(C)(C)C)ccc2OC(C)(C)C)c1. The zero-order chi connectivity index (χ0) is 23.4. The van der Waals surface area contributed by atoms with E-state index in [4.69, 9.17) is 14.2 Å². The van der Waals surface area contributed by atoms with Crippen LogP contribution in [0.1, 0.15) is 78.2 Å². The number of benzene rings is 2. The molecule has 0 aliphatic rings. The molecule has 0 aromatic heterocycles. The van der Waals surface area contributed by atoms with Crippen LogP contribution >= 0.6 is 0 Å². The molecule has 0 amide bonds. The highest BCUT2D eigenvalue weighted by molar-refractivity contribution is 6.07. The predicted molar refractivity (Wildman–Crippen MR) is 127 cm³/mol. The van der Waals surface area contributed by atoms with Gasteiger partial charge in [0.15, 0.2) is 5.78 Å². The van der Waals surface area contributed by atoms with Gasteiger partial charge in [-0.25, -0.2) is 0 Å². The summed E-state index contributed by atoms with van der Waals surface area (Å²) >= 11 is 0. The molecule has 0 saturated heterocycles. The Kier molecular flexibility index (Phi) is 7.25. The van der Waals surface area contributed by atoms with Gasteiger partial charge < -0.3 is 14.2 Å². The van der Waals surface area contributed by atoms with Crippen molar-refractivity contribution in [3.63, 3.8) is 0 Å². The molecule has 4 heteroatoms. The molecule has 31 heavy (non-hydrogen) atoms. The first-order chi connectivity index (χ1) is 14.1. The van der Waals surface area contributed by atoms with Crippen LogP contribution in [-0.2, 0) is 0 Å². The minimum absolute atomic E-state index is 0.108. The zero-order valence-corrected chi connectivity index (χ0v) is 20.3. The molecule has 0 N–H and O–H groups in total. The van der Waals surface area contributed by atoms with Gasteiger partial charge in [0.25, 0.3) is 0 Å². The standard InChI is InChI=1S/C27H36O4/c1-25(2,3)29-21-12-10-11-19(17-21)23(28)15-13-20-18-22(30-26(4,5)6)14-16-24(20)31-27(7,8)9/h10-18H,1-9H3/b15-13-. The Morgan fingerprint density at radius 2 is 1.26 bits per heavy atom. The van der Waals surface area contributed by atoms with Gasteiger partial charge in [0.05, 0.1) is 0 Å². The number of rotatable bonds is 6. The fourth-order valence-corrected chi connectivity index (χ4v) is 2.82. The lowest BCUT2D eigenvalue weighted by molar-refractivity contribution is 0.104. The maximum absolute atomic E-state index is 12.8. The molecule has 4 nitrogen and oxygen atoms in total. The van der Waals surface area contributed by atoms with Crippen molar-refractivity contribution >= 4 is 11.9 Å². The molecule has 0 radical (unpaired) electrons. The smallest absolute Gasteiger partial charge is 0.185 e. The molecular formula is C27H36O4. The second-order valence-corrected chi connectivity index (χ2v) is 10.6.